The first-order valence-corrected chi connectivity index (χ1v) is 7.47. The fourth-order valence-corrected chi connectivity index (χ4v) is 4.14. The number of ether oxygens (including phenoxy) is 1. The molecule has 0 aliphatic carbocycles. The van der Waals surface area contributed by atoms with Crippen molar-refractivity contribution in [2.45, 2.75) is 18.2 Å². The largest absolute Gasteiger partial charge is 0.395 e. The minimum Gasteiger partial charge on any atom is -0.395 e. The predicted molar refractivity (Wildman–Crippen MR) is 63.2 cm³/mol. The van der Waals surface area contributed by atoms with E-state index >= 15 is 0 Å². The number of aliphatic hydroxyl groups is 1. The van der Waals surface area contributed by atoms with E-state index in [9.17, 15) is 8.42 Å². The molecule has 2 heterocycles. The highest BCUT2D eigenvalue weighted by Gasteiger charge is 2.41. The highest BCUT2D eigenvalue weighted by Crippen LogP contribution is 2.21. The lowest BCUT2D eigenvalue weighted by Gasteiger charge is -2.41. The van der Waals surface area contributed by atoms with Crippen molar-refractivity contribution in [3.63, 3.8) is 0 Å². The van der Waals surface area contributed by atoms with Gasteiger partial charge < -0.3 is 9.84 Å². The predicted octanol–water partition coefficient (Wildman–Crippen LogP) is -1.29. The Hall–Kier alpha value is -0.210. The summed E-state index contributed by atoms with van der Waals surface area (Å²) >= 11 is 0. The van der Waals surface area contributed by atoms with E-state index in [1.54, 1.807) is 4.31 Å². The molecule has 1 unspecified atom stereocenters. The summed E-state index contributed by atoms with van der Waals surface area (Å²) in [6, 6.07) is -0.0269. The molecule has 6 nitrogen and oxygen atoms in total. The quantitative estimate of drug-likeness (QED) is 0.684. The molecule has 7 heteroatoms. The normalized spacial score (nSPS) is 29.2. The number of sulfonamides is 1. The first-order valence-electron chi connectivity index (χ1n) is 5.97. The van der Waals surface area contributed by atoms with Crippen LogP contribution in [0, 0.1) is 0 Å². The minimum absolute atomic E-state index is 0.0269. The highest BCUT2D eigenvalue weighted by molar-refractivity contribution is 7.89. The van der Waals surface area contributed by atoms with E-state index in [-0.39, 0.29) is 17.9 Å². The molecule has 1 N–H and O–H groups in total. The van der Waals surface area contributed by atoms with Crippen molar-refractivity contribution >= 4 is 10.0 Å². The first kappa shape index (κ1) is 13.2. The van der Waals surface area contributed by atoms with E-state index in [0.717, 1.165) is 0 Å². The molecule has 0 aromatic rings. The second kappa shape index (κ2) is 5.19. The molecule has 1 atom stereocenters. The van der Waals surface area contributed by atoms with Crippen LogP contribution in [0.3, 0.4) is 0 Å². The van der Waals surface area contributed by atoms with E-state index in [0.29, 0.717) is 39.4 Å². The zero-order chi connectivity index (χ0) is 12.5. The van der Waals surface area contributed by atoms with Gasteiger partial charge in [0.1, 0.15) is 5.25 Å². The van der Waals surface area contributed by atoms with Crippen molar-refractivity contribution in [2.24, 2.45) is 0 Å². The summed E-state index contributed by atoms with van der Waals surface area (Å²) in [5.74, 6) is 0. The number of β-amino-alcohol motifs (C(OH)–C–C–N with tert-alkyl or cyclic N) is 1. The van der Waals surface area contributed by atoms with Gasteiger partial charge in [-0.2, -0.15) is 4.31 Å². The number of nitrogens with zero attached hydrogens (tertiary/aromatic N) is 2. The van der Waals surface area contributed by atoms with Crippen molar-refractivity contribution in [1.82, 2.24) is 9.21 Å². The molecule has 2 rings (SSSR count). The Bertz CT molecular complexity index is 355. The Balaban J connectivity index is 1.99. The van der Waals surface area contributed by atoms with Crippen LogP contribution in [0.15, 0.2) is 0 Å². The van der Waals surface area contributed by atoms with Gasteiger partial charge in [0.25, 0.3) is 0 Å². The van der Waals surface area contributed by atoms with Crippen molar-refractivity contribution in [2.75, 3.05) is 46.0 Å². The van der Waals surface area contributed by atoms with E-state index in [1.165, 1.54) is 0 Å². The minimum atomic E-state index is -3.19. The average Bonchev–Trinajstić information content (AvgIpc) is 2.13. The van der Waals surface area contributed by atoms with E-state index in [1.807, 2.05) is 6.92 Å². The SMILES string of the molecule is CC1CN(CCO)CCN1S(=O)(=O)C1COC1. The van der Waals surface area contributed by atoms with Gasteiger partial charge in [0, 0.05) is 32.2 Å². The smallest absolute Gasteiger partial charge is 0.221 e. The van der Waals surface area contributed by atoms with Crippen LogP contribution < -0.4 is 0 Å². The summed E-state index contributed by atoms with van der Waals surface area (Å²) in [6.07, 6.45) is 0. The molecular formula is C10H20N2O4S. The first-order chi connectivity index (χ1) is 8.05. The third-order valence-electron chi connectivity index (χ3n) is 3.42. The molecule has 0 aromatic heterocycles. The fraction of sp³-hybridized carbons (Fsp3) is 1.00. The maximum Gasteiger partial charge on any atom is 0.221 e. The molecule has 0 amide bonds. The van der Waals surface area contributed by atoms with Crippen molar-refractivity contribution in [1.29, 1.82) is 0 Å². The Morgan fingerprint density at radius 1 is 1.35 bits per heavy atom. The molecule has 17 heavy (non-hydrogen) atoms. The molecule has 2 aliphatic rings. The molecule has 100 valence electrons. The highest BCUT2D eigenvalue weighted by atomic mass is 32.2. The second-order valence-electron chi connectivity index (χ2n) is 4.69. The Labute approximate surface area is 102 Å². The second-order valence-corrected chi connectivity index (χ2v) is 6.85. The van der Waals surface area contributed by atoms with Crippen LogP contribution in [0.25, 0.3) is 0 Å². The third kappa shape index (κ3) is 2.63. The van der Waals surface area contributed by atoms with Crippen LogP contribution >= 0.6 is 0 Å². The lowest BCUT2D eigenvalue weighted by atomic mass is 10.2. The van der Waals surface area contributed by atoms with Crippen molar-refractivity contribution in [3.05, 3.63) is 0 Å². The van der Waals surface area contributed by atoms with Crippen molar-refractivity contribution < 1.29 is 18.3 Å². The van der Waals surface area contributed by atoms with Crippen LogP contribution in [-0.4, -0.2) is 80.0 Å². The van der Waals surface area contributed by atoms with Gasteiger partial charge in [-0.3, -0.25) is 4.90 Å². The van der Waals surface area contributed by atoms with Crippen molar-refractivity contribution in [3.8, 4) is 0 Å². The Morgan fingerprint density at radius 3 is 2.53 bits per heavy atom. The summed E-state index contributed by atoms with van der Waals surface area (Å²) in [5.41, 5.74) is 0. The molecule has 0 spiro atoms. The van der Waals surface area contributed by atoms with Gasteiger partial charge in [0.2, 0.25) is 10.0 Å². The van der Waals surface area contributed by atoms with Crippen LogP contribution in [0.5, 0.6) is 0 Å². The molecule has 2 fully saturated rings. The lowest BCUT2D eigenvalue weighted by Crippen LogP contribution is -2.58. The zero-order valence-electron chi connectivity index (χ0n) is 10.1. The number of aliphatic hydroxyl groups excluding tert-OH is 1. The zero-order valence-corrected chi connectivity index (χ0v) is 10.9. The average molecular weight is 264 g/mol. The van der Waals surface area contributed by atoms with E-state index in [2.05, 4.69) is 4.90 Å². The van der Waals surface area contributed by atoms with Gasteiger partial charge in [0.05, 0.1) is 19.8 Å². The molecule has 2 saturated heterocycles. The molecule has 0 saturated carbocycles. The van der Waals surface area contributed by atoms with Crippen LogP contribution in [-0.2, 0) is 14.8 Å². The number of hydrogen-bond donors (Lipinski definition) is 1. The van der Waals surface area contributed by atoms with Gasteiger partial charge in [-0.25, -0.2) is 8.42 Å². The fourth-order valence-electron chi connectivity index (χ4n) is 2.32. The number of rotatable bonds is 4. The van der Waals surface area contributed by atoms with Crippen LogP contribution in [0.2, 0.25) is 0 Å². The summed E-state index contributed by atoms with van der Waals surface area (Å²) in [4.78, 5) is 2.09. The van der Waals surface area contributed by atoms with Gasteiger partial charge >= 0.3 is 0 Å². The summed E-state index contributed by atoms with van der Waals surface area (Å²) in [5, 5.41) is 8.52. The molecule has 0 aromatic carbocycles. The topological polar surface area (TPSA) is 70.1 Å². The third-order valence-corrected chi connectivity index (χ3v) is 5.73. The standard InChI is InChI=1S/C10H20N2O4S/c1-9-6-11(4-5-13)2-3-12(9)17(14,15)10-7-16-8-10/h9-10,13H,2-8H2,1H3. The Kier molecular flexibility index (Phi) is 4.04. The lowest BCUT2D eigenvalue weighted by molar-refractivity contribution is 0.0363. The number of hydrogen-bond acceptors (Lipinski definition) is 5. The van der Waals surface area contributed by atoms with Gasteiger partial charge in [-0.1, -0.05) is 0 Å². The van der Waals surface area contributed by atoms with Gasteiger partial charge in [-0.05, 0) is 6.92 Å². The Morgan fingerprint density at radius 2 is 2.06 bits per heavy atom. The van der Waals surface area contributed by atoms with E-state index < -0.39 is 10.0 Å². The molecule has 0 bridgehead atoms. The van der Waals surface area contributed by atoms with Crippen LogP contribution in [0.1, 0.15) is 6.92 Å². The maximum absolute atomic E-state index is 12.2. The van der Waals surface area contributed by atoms with E-state index in [4.69, 9.17) is 9.84 Å². The molecular weight excluding hydrogens is 244 g/mol. The summed E-state index contributed by atoms with van der Waals surface area (Å²) < 4.78 is 31.0. The molecule has 0 radical (unpaired) electrons. The maximum atomic E-state index is 12.2. The van der Waals surface area contributed by atoms with Gasteiger partial charge in [0.15, 0.2) is 0 Å². The number of piperazine rings is 1. The molecule has 2 aliphatic heterocycles. The summed E-state index contributed by atoms with van der Waals surface area (Å²) in [6.45, 7) is 5.20. The summed E-state index contributed by atoms with van der Waals surface area (Å²) in [7, 11) is -3.19. The monoisotopic (exact) mass is 264 g/mol. The van der Waals surface area contributed by atoms with Gasteiger partial charge in [-0.15, -0.1) is 0 Å². The van der Waals surface area contributed by atoms with Crippen LogP contribution in [0.4, 0.5) is 0 Å².